The van der Waals surface area contributed by atoms with Gasteiger partial charge in [0.15, 0.2) is 22.9 Å². The number of methoxy groups -OCH3 is 1. The summed E-state index contributed by atoms with van der Waals surface area (Å²) >= 11 is 0. The Labute approximate surface area is 257 Å². The van der Waals surface area contributed by atoms with Gasteiger partial charge in [0, 0.05) is 32.0 Å². The Bertz CT molecular complexity index is 1460. The smallest absolute Gasteiger partial charge is 0.254 e. The minimum atomic E-state index is -1.54. The van der Waals surface area contributed by atoms with Crippen LogP contribution in [0.1, 0.15) is 81.4 Å². The van der Waals surface area contributed by atoms with Crippen LogP contribution in [0.3, 0.4) is 0 Å². The van der Waals surface area contributed by atoms with Crippen LogP contribution in [0.15, 0.2) is 66.9 Å². The van der Waals surface area contributed by atoms with E-state index in [0.717, 1.165) is 75.8 Å². The number of hydrogen-bond acceptors (Lipinski definition) is 5. The molecule has 0 bridgehead atoms. The Kier molecular flexibility index (Phi) is 9.31. The minimum Gasteiger partial charge on any atom is -0.461 e. The highest BCUT2D eigenvalue weighted by Crippen LogP contribution is 2.44. The molecule has 2 aliphatic carbocycles. The molecule has 2 atom stereocenters. The third-order valence-electron chi connectivity index (χ3n) is 9.54. The number of benzene rings is 2. The Morgan fingerprint density at radius 2 is 1.77 bits per heavy atom. The van der Waals surface area contributed by atoms with E-state index < -0.39 is 23.3 Å². The molecule has 0 spiro atoms. The molecule has 1 N–H and O–H groups in total. The summed E-state index contributed by atoms with van der Waals surface area (Å²) in [4.78, 5) is 19.4. The number of rotatable bonds is 10. The van der Waals surface area contributed by atoms with Crippen LogP contribution in [-0.4, -0.2) is 35.4 Å². The standard InChI is InChI=1S/C35H41F2N3O4/c1-42-32(25-13-7-3-8-14-25)27-17-18-28(36)31(37)30(27)33-38-19-20-40(33)35(29-22-43-23-44-29,21-24-11-5-2-6-12-24)34(41)39-26-15-9-4-10-16-26/h2,5-6,11-12,17-20,22,25-26,32H,3-4,7-10,13-16,21,23H2,1H3,(H,39,41). The van der Waals surface area contributed by atoms with Gasteiger partial charge in [0.2, 0.25) is 6.79 Å². The van der Waals surface area contributed by atoms with Crippen LogP contribution >= 0.6 is 0 Å². The summed E-state index contributed by atoms with van der Waals surface area (Å²) in [6, 6.07) is 12.4. The van der Waals surface area contributed by atoms with Crippen molar-refractivity contribution in [2.75, 3.05) is 13.9 Å². The van der Waals surface area contributed by atoms with E-state index in [4.69, 9.17) is 14.2 Å². The van der Waals surface area contributed by atoms with E-state index in [1.807, 2.05) is 30.3 Å². The van der Waals surface area contributed by atoms with E-state index in [1.54, 1.807) is 23.9 Å². The maximum absolute atomic E-state index is 16.2. The number of imidazole rings is 1. The molecule has 9 heteroatoms. The first kappa shape index (κ1) is 30.3. The zero-order chi connectivity index (χ0) is 30.5. The number of hydrogen-bond donors (Lipinski definition) is 1. The van der Waals surface area contributed by atoms with Gasteiger partial charge in [-0.3, -0.25) is 4.79 Å². The van der Waals surface area contributed by atoms with Gasteiger partial charge in [0.1, 0.15) is 12.1 Å². The van der Waals surface area contributed by atoms with Crippen LogP contribution in [0, 0.1) is 17.6 Å². The maximum Gasteiger partial charge on any atom is 0.254 e. The van der Waals surface area contributed by atoms with E-state index in [-0.39, 0.29) is 48.2 Å². The number of nitrogens with one attached hydrogen (secondary N) is 1. The second-order valence-electron chi connectivity index (χ2n) is 12.2. The lowest BCUT2D eigenvalue weighted by Gasteiger charge is -2.37. The van der Waals surface area contributed by atoms with Gasteiger partial charge < -0.3 is 24.1 Å². The molecule has 1 aromatic heterocycles. The maximum atomic E-state index is 16.2. The normalized spacial score (nSPS) is 19.8. The van der Waals surface area contributed by atoms with Gasteiger partial charge in [-0.25, -0.2) is 13.8 Å². The van der Waals surface area contributed by atoms with Crippen LogP contribution in [0.25, 0.3) is 11.4 Å². The number of ether oxygens (including phenoxy) is 3. The number of carbonyl (C=O) groups is 1. The van der Waals surface area contributed by atoms with E-state index in [0.29, 0.717) is 5.56 Å². The molecule has 3 aliphatic rings. The Morgan fingerprint density at radius 3 is 2.45 bits per heavy atom. The summed E-state index contributed by atoms with van der Waals surface area (Å²) in [7, 11) is 1.61. The molecular weight excluding hydrogens is 564 g/mol. The molecule has 0 radical (unpaired) electrons. The van der Waals surface area contributed by atoms with Crippen molar-refractivity contribution < 1.29 is 27.8 Å². The van der Waals surface area contributed by atoms with Crippen LogP contribution < -0.4 is 5.32 Å². The van der Waals surface area contributed by atoms with E-state index in [9.17, 15) is 4.79 Å². The highest BCUT2D eigenvalue weighted by atomic mass is 19.2. The Balaban J connectivity index is 1.54. The lowest BCUT2D eigenvalue weighted by molar-refractivity contribution is -0.131. The van der Waals surface area contributed by atoms with Gasteiger partial charge in [-0.05, 0) is 48.8 Å². The molecule has 6 rings (SSSR count). The van der Waals surface area contributed by atoms with E-state index in [1.165, 1.54) is 12.5 Å². The first-order valence-corrected chi connectivity index (χ1v) is 15.9. The molecular formula is C35H41F2N3O4. The lowest BCUT2D eigenvalue weighted by atomic mass is 9.81. The molecule has 44 heavy (non-hydrogen) atoms. The SMILES string of the molecule is COC(c1ccc(F)c(F)c1-c1nccn1C(Cc1ccccc1)(C(=O)NC1CCCCC1)C1=COCO1)C1CCCCC1. The van der Waals surface area contributed by atoms with Crippen molar-refractivity contribution in [2.24, 2.45) is 5.92 Å². The van der Waals surface area contributed by atoms with Crippen molar-refractivity contribution in [1.82, 2.24) is 14.9 Å². The van der Waals surface area contributed by atoms with Crippen LogP contribution in [0.5, 0.6) is 0 Å². The average Bonchev–Trinajstić information content (AvgIpc) is 3.77. The fourth-order valence-electron chi connectivity index (χ4n) is 7.33. The predicted octanol–water partition coefficient (Wildman–Crippen LogP) is 7.33. The van der Waals surface area contributed by atoms with Crippen LogP contribution in [-0.2, 0) is 31.0 Å². The third kappa shape index (κ3) is 5.86. The molecule has 2 unspecified atom stereocenters. The van der Waals surface area contributed by atoms with Crippen molar-refractivity contribution >= 4 is 5.91 Å². The summed E-state index contributed by atoms with van der Waals surface area (Å²) in [5.41, 5.74) is -0.163. The number of aromatic nitrogens is 2. The minimum absolute atomic E-state index is 0.00478. The van der Waals surface area contributed by atoms with Crippen molar-refractivity contribution in [3.63, 3.8) is 0 Å². The van der Waals surface area contributed by atoms with Gasteiger partial charge in [-0.1, -0.05) is 74.9 Å². The van der Waals surface area contributed by atoms with Crippen molar-refractivity contribution in [3.05, 3.63) is 89.6 Å². The molecule has 2 saturated carbocycles. The van der Waals surface area contributed by atoms with Crippen molar-refractivity contribution in [3.8, 4) is 11.4 Å². The van der Waals surface area contributed by atoms with Gasteiger partial charge in [0.05, 0.1) is 11.7 Å². The fraction of sp³-hybridized carbons (Fsp3) is 0.486. The highest BCUT2D eigenvalue weighted by Gasteiger charge is 2.50. The first-order chi connectivity index (χ1) is 21.5. The van der Waals surface area contributed by atoms with Crippen LogP contribution in [0.2, 0.25) is 0 Å². The zero-order valence-electron chi connectivity index (χ0n) is 25.3. The molecule has 1 amide bonds. The largest absolute Gasteiger partial charge is 0.461 e. The summed E-state index contributed by atoms with van der Waals surface area (Å²) in [6.07, 6.45) is 14.4. The monoisotopic (exact) mass is 605 g/mol. The number of nitrogens with zero attached hydrogens (tertiary/aromatic N) is 2. The van der Waals surface area contributed by atoms with Gasteiger partial charge in [-0.2, -0.15) is 0 Å². The third-order valence-corrected chi connectivity index (χ3v) is 9.54. The van der Waals surface area contributed by atoms with E-state index in [2.05, 4.69) is 10.3 Å². The lowest BCUT2D eigenvalue weighted by Crippen LogP contribution is -2.54. The zero-order valence-corrected chi connectivity index (χ0v) is 25.3. The van der Waals surface area contributed by atoms with E-state index >= 15 is 8.78 Å². The summed E-state index contributed by atoms with van der Waals surface area (Å²) in [5, 5.41) is 3.29. The molecule has 7 nitrogen and oxygen atoms in total. The van der Waals surface area contributed by atoms with Crippen LogP contribution in [0.4, 0.5) is 8.78 Å². The fourth-order valence-corrected chi connectivity index (χ4v) is 7.33. The predicted molar refractivity (Wildman–Crippen MR) is 162 cm³/mol. The molecule has 0 saturated heterocycles. The highest BCUT2D eigenvalue weighted by molar-refractivity contribution is 5.89. The topological polar surface area (TPSA) is 74.6 Å². The molecule has 234 valence electrons. The van der Waals surface area contributed by atoms with Crippen molar-refractivity contribution in [1.29, 1.82) is 0 Å². The van der Waals surface area contributed by atoms with Gasteiger partial charge in [0.25, 0.3) is 5.91 Å². The number of carbonyl (C=O) groups excluding carboxylic acids is 1. The number of amides is 1. The molecule has 2 fully saturated rings. The summed E-state index contributed by atoms with van der Waals surface area (Å²) in [5.74, 6) is -1.76. The Hall–Kier alpha value is -3.72. The average molecular weight is 606 g/mol. The summed E-state index contributed by atoms with van der Waals surface area (Å²) in [6.45, 7) is -0.0559. The Morgan fingerprint density at radius 1 is 1.05 bits per heavy atom. The van der Waals surface area contributed by atoms with Gasteiger partial charge in [-0.15, -0.1) is 0 Å². The molecule has 1 aliphatic heterocycles. The second-order valence-corrected chi connectivity index (χ2v) is 12.2. The van der Waals surface area contributed by atoms with Crippen molar-refractivity contribution in [2.45, 2.75) is 88.3 Å². The quantitative estimate of drug-likeness (QED) is 0.262. The molecule has 3 aromatic rings. The molecule has 2 heterocycles. The molecule has 2 aromatic carbocycles. The number of halogens is 2. The van der Waals surface area contributed by atoms with Gasteiger partial charge >= 0.3 is 0 Å². The summed E-state index contributed by atoms with van der Waals surface area (Å²) < 4.78 is 50.5. The second kappa shape index (κ2) is 13.5. The first-order valence-electron chi connectivity index (χ1n) is 15.9.